The first-order valence-corrected chi connectivity index (χ1v) is 2.59. The van der Waals surface area contributed by atoms with E-state index in [4.69, 9.17) is 0 Å². The minimum atomic E-state index is 0.963. The average Bonchev–Trinajstić information content (AvgIpc) is 1.64. The van der Waals surface area contributed by atoms with Crippen molar-refractivity contribution >= 4 is 0 Å². The van der Waals surface area contributed by atoms with Crippen molar-refractivity contribution in [2.75, 3.05) is 0 Å². The molecule has 0 saturated heterocycles. The Morgan fingerprint density at radius 3 is 2.75 bits per heavy atom. The van der Waals surface area contributed by atoms with Crippen molar-refractivity contribution in [3.63, 3.8) is 0 Å². The van der Waals surface area contributed by atoms with Crippen molar-refractivity contribution in [2.45, 2.75) is 6.92 Å². The van der Waals surface area contributed by atoms with Gasteiger partial charge < -0.3 is 0 Å². The van der Waals surface area contributed by atoms with Crippen LogP contribution in [0.2, 0.25) is 0 Å². The van der Waals surface area contributed by atoms with Crippen LogP contribution in [-0.2, 0) is 0 Å². The predicted molar refractivity (Wildman–Crippen MR) is 34.5 cm³/mol. The molecule has 0 fully saturated rings. The number of rotatable bonds is 0. The number of aryl methyl sites for hydroxylation is 1. The molecule has 0 aliphatic carbocycles. The first-order chi connectivity index (χ1) is 3.79. The molecule has 0 unspecified atom stereocenters. The van der Waals surface area contributed by atoms with Gasteiger partial charge in [-0.3, -0.25) is 0 Å². The molecule has 1 rings (SSSR count). The molecule has 0 N–H and O–H groups in total. The van der Waals surface area contributed by atoms with Gasteiger partial charge in [-0.25, -0.2) is 0 Å². The second-order valence-electron chi connectivity index (χ2n) is 1.89. The maximum atomic E-state index is 3.73. The highest BCUT2D eigenvalue weighted by Gasteiger charge is 1.81. The van der Waals surface area contributed by atoms with Crippen LogP contribution in [0.1, 0.15) is 11.1 Å². The van der Waals surface area contributed by atoms with Gasteiger partial charge in [0.05, 0.1) is 0 Å². The Kier molecular flexibility index (Phi) is 1.34. The second kappa shape index (κ2) is 1.99. The van der Waals surface area contributed by atoms with Crippen LogP contribution in [0, 0.1) is 19.9 Å². The van der Waals surface area contributed by atoms with Crippen LogP contribution in [0.3, 0.4) is 0 Å². The lowest BCUT2D eigenvalue weighted by Gasteiger charge is -1.89. The van der Waals surface area contributed by atoms with E-state index < -0.39 is 0 Å². The molecular weight excluding hydrogens is 96.1 g/mol. The molecule has 8 heavy (non-hydrogen) atoms. The lowest BCUT2D eigenvalue weighted by molar-refractivity contribution is 1.44. The van der Waals surface area contributed by atoms with E-state index in [-0.39, 0.29) is 0 Å². The normalized spacial score (nSPS) is 9.25. The highest BCUT2D eigenvalue weighted by Crippen LogP contribution is 1.99. The monoisotopic (exact) mass is 104 g/mol. The van der Waals surface area contributed by atoms with Crippen molar-refractivity contribution in [3.8, 4) is 0 Å². The molecule has 0 heteroatoms. The molecule has 1 aromatic carbocycles. The lowest BCUT2D eigenvalue weighted by Crippen LogP contribution is -1.72. The Morgan fingerprint density at radius 2 is 2.38 bits per heavy atom. The summed E-state index contributed by atoms with van der Waals surface area (Å²) in [5.41, 5.74) is 2.21. The second-order valence-corrected chi connectivity index (χ2v) is 1.89. The Bertz CT molecular complexity index is 160. The lowest BCUT2D eigenvalue weighted by atomic mass is 10.2. The molecule has 0 spiro atoms. The predicted octanol–water partition coefficient (Wildman–Crippen LogP) is 1.98. The Morgan fingerprint density at radius 1 is 1.62 bits per heavy atom. The summed E-state index contributed by atoms with van der Waals surface area (Å²) in [5, 5.41) is 0. The van der Waals surface area contributed by atoms with Gasteiger partial charge in [0.25, 0.3) is 0 Å². The Hall–Kier alpha value is -0.780. The number of benzene rings is 1. The van der Waals surface area contributed by atoms with Crippen LogP contribution in [0.5, 0.6) is 0 Å². The molecular formula is C8H8. The fourth-order valence-corrected chi connectivity index (χ4v) is 0.645. The van der Waals surface area contributed by atoms with Crippen molar-refractivity contribution in [3.05, 3.63) is 42.3 Å². The van der Waals surface area contributed by atoms with Crippen LogP contribution in [0.15, 0.2) is 18.2 Å². The Balaban J connectivity index is 3.08. The molecule has 0 bridgehead atoms. The minimum Gasteiger partial charge on any atom is -0.0587 e. The summed E-state index contributed by atoms with van der Waals surface area (Å²) in [6.07, 6.45) is 0. The third-order valence-corrected chi connectivity index (χ3v) is 1.02. The topological polar surface area (TPSA) is 0 Å². The Labute approximate surface area is 50.2 Å². The number of hydrogen-bond donors (Lipinski definition) is 0. The summed E-state index contributed by atoms with van der Waals surface area (Å²) < 4.78 is 0. The van der Waals surface area contributed by atoms with Crippen molar-refractivity contribution < 1.29 is 0 Å². The quantitative estimate of drug-likeness (QED) is 0.472. The molecule has 0 atom stereocenters. The summed E-state index contributed by atoms with van der Waals surface area (Å²) in [4.78, 5) is 0. The van der Waals surface area contributed by atoms with Crippen LogP contribution in [0.4, 0.5) is 0 Å². The molecule has 0 saturated carbocycles. The molecule has 0 aliphatic heterocycles. The van der Waals surface area contributed by atoms with E-state index in [9.17, 15) is 0 Å². The summed E-state index contributed by atoms with van der Waals surface area (Å²) in [7, 11) is 0. The van der Waals surface area contributed by atoms with E-state index in [0.717, 1.165) is 5.56 Å². The van der Waals surface area contributed by atoms with Crippen LogP contribution in [0.25, 0.3) is 0 Å². The number of hydrogen-bond acceptors (Lipinski definition) is 0. The summed E-state index contributed by atoms with van der Waals surface area (Å²) in [6.45, 7) is 5.77. The van der Waals surface area contributed by atoms with Crippen molar-refractivity contribution in [2.24, 2.45) is 0 Å². The van der Waals surface area contributed by atoms with Gasteiger partial charge in [-0.2, -0.15) is 0 Å². The third-order valence-electron chi connectivity index (χ3n) is 1.02. The van der Waals surface area contributed by atoms with E-state index in [1.807, 2.05) is 25.1 Å². The van der Waals surface area contributed by atoms with Gasteiger partial charge in [0.2, 0.25) is 0 Å². The van der Waals surface area contributed by atoms with Crippen molar-refractivity contribution in [1.82, 2.24) is 0 Å². The zero-order valence-electron chi connectivity index (χ0n) is 4.94. The maximum absolute atomic E-state index is 3.73. The van der Waals surface area contributed by atoms with E-state index in [1.54, 1.807) is 0 Å². The molecule has 2 radical (unpaired) electrons. The summed E-state index contributed by atoms with van der Waals surface area (Å²) in [5.74, 6) is 0. The van der Waals surface area contributed by atoms with E-state index in [1.165, 1.54) is 5.56 Å². The van der Waals surface area contributed by atoms with Crippen LogP contribution >= 0.6 is 0 Å². The zero-order chi connectivity index (χ0) is 5.98. The van der Waals surface area contributed by atoms with Gasteiger partial charge in [-0.05, 0) is 25.5 Å². The third kappa shape index (κ3) is 1.09. The molecule has 1 aromatic rings. The summed E-state index contributed by atoms with van der Waals surface area (Å²) in [6, 6.07) is 8.86. The van der Waals surface area contributed by atoms with Gasteiger partial charge in [0, 0.05) is 0 Å². The molecule has 0 aliphatic rings. The van der Waals surface area contributed by atoms with Gasteiger partial charge in [-0.15, -0.1) is 0 Å². The van der Waals surface area contributed by atoms with Gasteiger partial charge in [0.15, 0.2) is 0 Å². The molecule has 0 aromatic heterocycles. The minimum absolute atomic E-state index is 0.963. The van der Waals surface area contributed by atoms with Gasteiger partial charge in [0.1, 0.15) is 0 Å². The average molecular weight is 104 g/mol. The SMILES string of the molecule is [CH2]c1[c]ccc(C)c1. The van der Waals surface area contributed by atoms with Gasteiger partial charge >= 0.3 is 0 Å². The van der Waals surface area contributed by atoms with Crippen LogP contribution in [-0.4, -0.2) is 0 Å². The van der Waals surface area contributed by atoms with Crippen LogP contribution < -0.4 is 0 Å². The van der Waals surface area contributed by atoms with E-state index in [0.29, 0.717) is 0 Å². The molecule has 0 heterocycles. The first-order valence-electron chi connectivity index (χ1n) is 2.59. The molecule has 0 nitrogen and oxygen atoms in total. The fraction of sp³-hybridized carbons (Fsp3) is 0.125. The van der Waals surface area contributed by atoms with E-state index in [2.05, 4.69) is 13.0 Å². The van der Waals surface area contributed by atoms with Crippen molar-refractivity contribution in [1.29, 1.82) is 0 Å². The zero-order valence-corrected chi connectivity index (χ0v) is 4.94. The first kappa shape index (κ1) is 5.36. The maximum Gasteiger partial charge on any atom is -0.0149 e. The van der Waals surface area contributed by atoms with E-state index >= 15 is 0 Å². The van der Waals surface area contributed by atoms with Gasteiger partial charge in [-0.1, -0.05) is 23.8 Å². The highest BCUT2D eigenvalue weighted by molar-refractivity contribution is 5.22. The molecule has 40 valence electrons. The fourth-order valence-electron chi connectivity index (χ4n) is 0.645. The highest BCUT2D eigenvalue weighted by atomic mass is 13.9. The molecule has 0 amide bonds. The standard InChI is InChI=1S/C8H8/c1-7-4-3-5-8(2)6-7/h3,5-6H,1H2,2H3. The smallest absolute Gasteiger partial charge is 0.0149 e. The largest absolute Gasteiger partial charge is 0.0587 e. The summed E-state index contributed by atoms with van der Waals surface area (Å²) >= 11 is 0.